The smallest absolute Gasteiger partial charge is 0.236 e. The van der Waals surface area contributed by atoms with Crippen LogP contribution in [0.2, 0.25) is 0 Å². The SMILES string of the molecule is CN(Cc1ccoc1)C(=O)CN1CCCNCC1. The van der Waals surface area contributed by atoms with Crippen molar-refractivity contribution in [2.24, 2.45) is 0 Å². The van der Waals surface area contributed by atoms with Gasteiger partial charge in [-0.2, -0.15) is 0 Å². The Labute approximate surface area is 108 Å². The number of nitrogens with one attached hydrogen (secondary N) is 1. The van der Waals surface area contributed by atoms with E-state index in [1.807, 2.05) is 13.1 Å². The molecule has 0 saturated carbocycles. The molecule has 1 fully saturated rings. The topological polar surface area (TPSA) is 48.7 Å². The number of carbonyl (C=O) groups excluding carboxylic acids is 1. The molecule has 5 nitrogen and oxygen atoms in total. The number of carbonyl (C=O) groups is 1. The molecule has 0 unspecified atom stereocenters. The van der Waals surface area contributed by atoms with Crippen molar-refractivity contribution in [3.05, 3.63) is 24.2 Å². The fraction of sp³-hybridized carbons (Fsp3) is 0.615. The Hall–Kier alpha value is -1.33. The number of furan rings is 1. The lowest BCUT2D eigenvalue weighted by atomic mass is 10.3. The molecule has 0 aliphatic carbocycles. The van der Waals surface area contributed by atoms with E-state index in [1.165, 1.54) is 0 Å². The Balaban J connectivity index is 1.79. The second kappa shape index (κ2) is 6.56. The van der Waals surface area contributed by atoms with Crippen LogP contribution in [0.25, 0.3) is 0 Å². The van der Waals surface area contributed by atoms with Gasteiger partial charge in [-0.1, -0.05) is 0 Å². The summed E-state index contributed by atoms with van der Waals surface area (Å²) in [6.45, 7) is 5.09. The van der Waals surface area contributed by atoms with Gasteiger partial charge in [-0.15, -0.1) is 0 Å². The summed E-state index contributed by atoms with van der Waals surface area (Å²) in [5.41, 5.74) is 1.03. The minimum absolute atomic E-state index is 0.165. The van der Waals surface area contributed by atoms with Gasteiger partial charge in [0.05, 0.1) is 19.1 Å². The molecule has 5 heteroatoms. The fourth-order valence-electron chi connectivity index (χ4n) is 2.12. The third kappa shape index (κ3) is 3.85. The Kier molecular flexibility index (Phi) is 4.78. The quantitative estimate of drug-likeness (QED) is 0.848. The highest BCUT2D eigenvalue weighted by Gasteiger charge is 2.16. The van der Waals surface area contributed by atoms with Gasteiger partial charge in [-0.3, -0.25) is 9.69 Å². The van der Waals surface area contributed by atoms with E-state index in [-0.39, 0.29) is 5.91 Å². The molecule has 2 heterocycles. The second-order valence-electron chi connectivity index (χ2n) is 4.76. The van der Waals surface area contributed by atoms with Gasteiger partial charge in [0, 0.05) is 32.2 Å². The molecule has 0 spiro atoms. The molecule has 1 aliphatic heterocycles. The summed E-state index contributed by atoms with van der Waals surface area (Å²) >= 11 is 0. The molecule has 18 heavy (non-hydrogen) atoms. The van der Waals surface area contributed by atoms with Crippen LogP contribution < -0.4 is 5.32 Å². The normalized spacial score (nSPS) is 17.4. The second-order valence-corrected chi connectivity index (χ2v) is 4.76. The highest BCUT2D eigenvalue weighted by atomic mass is 16.3. The summed E-state index contributed by atoms with van der Waals surface area (Å²) in [7, 11) is 1.84. The molecular formula is C13H21N3O2. The number of rotatable bonds is 4. The van der Waals surface area contributed by atoms with Gasteiger partial charge in [-0.25, -0.2) is 0 Å². The maximum absolute atomic E-state index is 12.1. The van der Waals surface area contributed by atoms with E-state index in [2.05, 4.69) is 10.2 Å². The summed E-state index contributed by atoms with van der Waals surface area (Å²) in [6.07, 6.45) is 4.42. The van der Waals surface area contributed by atoms with Crippen LogP contribution in [0, 0.1) is 0 Å². The third-order valence-corrected chi connectivity index (χ3v) is 3.22. The molecule has 1 amide bonds. The molecule has 0 radical (unpaired) electrons. The lowest BCUT2D eigenvalue weighted by molar-refractivity contribution is -0.131. The zero-order valence-corrected chi connectivity index (χ0v) is 10.9. The van der Waals surface area contributed by atoms with Crippen molar-refractivity contribution in [1.82, 2.24) is 15.1 Å². The molecule has 1 N–H and O–H groups in total. The van der Waals surface area contributed by atoms with Crippen LogP contribution in [0.3, 0.4) is 0 Å². The first kappa shape index (κ1) is 13.1. The van der Waals surface area contributed by atoms with Crippen molar-refractivity contribution >= 4 is 5.91 Å². The fourth-order valence-corrected chi connectivity index (χ4v) is 2.12. The van der Waals surface area contributed by atoms with E-state index in [1.54, 1.807) is 17.4 Å². The van der Waals surface area contributed by atoms with E-state index >= 15 is 0 Å². The first-order chi connectivity index (χ1) is 8.75. The van der Waals surface area contributed by atoms with Gasteiger partial charge in [-0.05, 0) is 25.6 Å². The zero-order valence-electron chi connectivity index (χ0n) is 10.9. The van der Waals surface area contributed by atoms with Gasteiger partial charge in [0.15, 0.2) is 0 Å². The average Bonchev–Trinajstić information content (AvgIpc) is 2.72. The molecule has 1 saturated heterocycles. The molecule has 2 rings (SSSR count). The average molecular weight is 251 g/mol. The van der Waals surface area contributed by atoms with Crippen LogP contribution >= 0.6 is 0 Å². The van der Waals surface area contributed by atoms with Crippen molar-refractivity contribution in [3.63, 3.8) is 0 Å². The first-order valence-corrected chi connectivity index (χ1v) is 6.44. The molecule has 100 valence electrons. The van der Waals surface area contributed by atoms with Crippen molar-refractivity contribution < 1.29 is 9.21 Å². The van der Waals surface area contributed by atoms with Crippen molar-refractivity contribution in [3.8, 4) is 0 Å². The standard InChI is InChI=1S/C13H21N3O2/c1-15(9-12-3-8-18-11-12)13(17)10-16-6-2-4-14-5-7-16/h3,8,11,14H,2,4-7,9-10H2,1H3. The number of likely N-dealkylation sites (N-methyl/N-ethyl adjacent to an activating group) is 1. The largest absolute Gasteiger partial charge is 0.472 e. The Bertz CT molecular complexity index is 356. The van der Waals surface area contributed by atoms with Crippen molar-refractivity contribution in [2.75, 3.05) is 39.8 Å². The highest BCUT2D eigenvalue weighted by molar-refractivity contribution is 5.78. The molecule has 1 aromatic rings. The highest BCUT2D eigenvalue weighted by Crippen LogP contribution is 2.05. The van der Waals surface area contributed by atoms with Crippen LogP contribution in [0.1, 0.15) is 12.0 Å². The molecule has 1 aliphatic rings. The van der Waals surface area contributed by atoms with Crippen LogP contribution in [-0.2, 0) is 11.3 Å². The number of hydrogen-bond acceptors (Lipinski definition) is 4. The van der Waals surface area contributed by atoms with E-state index in [4.69, 9.17) is 4.42 Å². The molecule has 0 bridgehead atoms. The van der Waals surface area contributed by atoms with Crippen LogP contribution in [-0.4, -0.2) is 55.5 Å². The lowest BCUT2D eigenvalue weighted by Crippen LogP contribution is -2.39. The van der Waals surface area contributed by atoms with E-state index in [0.717, 1.165) is 38.2 Å². The van der Waals surface area contributed by atoms with Crippen molar-refractivity contribution in [1.29, 1.82) is 0 Å². The van der Waals surface area contributed by atoms with E-state index in [0.29, 0.717) is 13.1 Å². The Morgan fingerprint density at radius 2 is 2.39 bits per heavy atom. The Morgan fingerprint density at radius 3 is 3.17 bits per heavy atom. The minimum atomic E-state index is 0.165. The van der Waals surface area contributed by atoms with Gasteiger partial charge < -0.3 is 14.6 Å². The summed E-state index contributed by atoms with van der Waals surface area (Å²) in [4.78, 5) is 16.1. The lowest BCUT2D eigenvalue weighted by Gasteiger charge is -2.23. The van der Waals surface area contributed by atoms with E-state index < -0.39 is 0 Å². The predicted octanol–water partition coefficient (Wildman–Crippen LogP) is 0.533. The number of amides is 1. The number of hydrogen-bond donors (Lipinski definition) is 1. The monoisotopic (exact) mass is 251 g/mol. The van der Waals surface area contributed by atoms with Gasteiger partial charge in [0.25, 0.3) is 0 Å². The Morgan fingerprint density at radius 1 is 1.50 bits per heavy atom. The summed E-state index contributed by atoms with van der Waals surface area (Å²) < 4.78 is 5.00. The third-order valence-electron chi connectivity index (χ3n) is 3.22. The zero-order chi connectivity index (χ0) is 12.8. The molecular weight excluding hydrogens is 230 g/mol. The van der Waals surface area contributed by atoms with Gasteiger partial charge in [0.2, 0.25) is 5.91 Å². The van der Waals surface area contributed by atoms with Gasteiger partial charge in [0.1, 0.15) is 0 Å². The molecule has 1 aromatic heterocycles. The summed E-state index contributed by atoms with van der Waals surface area (Å²) in [6, 6.07) is 1.89. The van der Waals surface area contributed by atoms with Crippen LogP contribution in [0.5, 0.6) is 0 Å². The van der Waals surface area contributed by atoms with Crippen LogP contribution in [0.15, 0.2) is 23.0 Å². The first-order valence-electron chi connectivity index (χ1n) is 6.44. The summed E-state index contributed by atoms with van der Waals surface area (Å²) in [5, 5.41) is 3.34. The maximum Gasteiger partial charge on any atom is 0.236 e. The van der Waals surface area contributed by atoms with E-state index in [9.17, 15) is 4.79 Å². The summed E-state index contributed by atoms with van der Waals surface area (Å²) in [5.74, 6) is 0.165. The predicted molar refractivity (Wildman–Crippen MR) is 69.1 cm³/mol. The van der Waals surface area contributed by atoms with Crippen molar-refractivity contribution in [2.45, 2.75) is 13.0 Å². The number of nitrogens with zero attached hydrogens (tertiary/aromatic N) is 2. The molecule has 0 aromatic carbocycles. The maximum atomic E-state index is 12.1. The van der Waals surface area contributed by atoms with Gasteiger partial charge >= 0.3 is 0 Å². The minimum Gasteiger partial charge on any atom is -0.472 e. The molecule has 0 atom stereocenters. The van der Waals surface area contributed by atoms with Crippen LogP contribution in [0.4, 0.5) is 0 Å².